The van der Waals surface area contributed by atoms with Crippen molar-refractivity contribution in [2.45, 2.75) is 19.8 Å². The number of carbonyl (C=O) groups excluding carboxylic acids is 2. The van der Waals surface area contributed by atoms with Crippen molar-refractivity contribution in [3.63, 3.8) is 0 Å². The zero-order chi connectivity index (χ0) is 9.84. The molecule has 1 rings (SSSR count). The Kier molecular flexibility index (Phi) is 3.90. The number of halogens is 1. The average molecular weight is 248 g/mol. The molecule has 1 heterocycles. The van der Waals surface area contributed by atoms with E-state index < -0.39 is 0 Å². The van der Waals surface area contributed by atoms with Crippen LogP contribution in [-0.2, 0) is 9.59 Å². The molecule has 0 aromatic heterocycles. The summed E-state index contributed by atoms with van der Waals surface area (Å²) in [5.74, 6) is 0.333. The topological polar surface area (TPSA) is 46.2 Å². The molecular weight excluding hydrogens is 234 g/mol. The van der Waals surface area contributed by atoms with Crippen LogP contribution in [0.1, 0.15) is 19.8 Å². The van der Waals surface area contributed by atoms with Gasteiger partial charge in [-0.25, -0.2) is 0 Å². The average Bonchev–Trinajstić information content (AvgIpc) is 2.50. The van der Waals surface area contributed by atoms with Gasteiger partial charge in [0, 0.05) is 18.4 Å². The molecule has 0 aliphatic carbocycles. The molecule has 0 radical (unpaired) electrons. The van der Waals surface area contributed by atoms with Gasteiger partial charge in [-0.3, -0.25) is 9.59 Å². The Labute approximate surface area is 86.4 Å². The molecule has 0 unspecified atom stereocenters. The van der Waals surface area contributed by atoms with E-state index in [-0.39, 0.29) is 23.5 Å². The zero-order valence-electron chi connectivity index (χ0n) is 7.68. The Bertz CT molecular complexity index is 218. The molecule has 1 fully saturated rings. The van der Waals surface area contributed by atoms with E-state index in [2.05, 4.69) is 21.2 Å². The first kappa shape index (κ1) is 10.7. The second-order valence-electron chi connectivity index (χ2n) is 3.51. The van der Waals surface area contributed by atoms with Crippen LogP contribution in [0.5, 0.6) is 0 Å². The third kappa shape index (κ3) is 2.79. The number of rotatable bonds is 4. The van der Waals surface area contributed by atoms with Crippen molar-refractivity contribution in [1.82, 2.24) is 5.32 Å². The number of nitrogens with one attached hydrogen (secondary N) is 1. The maximum Gasteiger partial charge on any atom is 0.223 e. The minimum atomic E-state index is -0.00627. The fourth-order valence-corrected chi connectivity index (χ4v) is 2.11. The summed E-state index contributed by atoms with van der Waals surface area (Å²) in [6, 6.07) is 0. The highest BCUT2D eigenvalue weighted by molar-refractivity contribution is 9.09. The largest absolute Gasteiger partial charge is 0.356 e. The van der Waals surface area contributed by atoms with Crippen molar-refractivity contribution < 1.29 is 9.59 Å². The molecule has 0 aromatic rings. The van der Waals surface area contributed by atoms with E-state index in [0.717, 1.165) is 13.0 Å². The molecule has 0 bridgehead atoms. The van der Waals surface area contributed by atoms with Crippen LogP contribution >= 0.6 is 15.9 Å². The first-order valence-electron chi connectivity index (χ1n) is 4.51. The molecule has 13 heavy (non-hydrogen) atoms. The van der Waals surface area contributed by atoms with Crippen LogP contribution in [0.2, 0.25) is 0 Å². The molecule has 3 nitrogen and oxygen atoms in total. The van der Waals surface area contributed by atoms with Gasteiger partial charge in [0.05, 0.1) is 5.33 Å². The summed E-state index contributed by atoms with van der Waals surface area (Å²) in [6.45, 7) is 2.65. The molecule has 1 N–H and O–H groups in total. The Morgan fingerprint density at radius 1 is 1.77 bits per heavy atom. The maximum atomic E-state index is 11.2. The molecule has 1 saturated heterocycles. The second kappa shape index (κ2) is 4.74. The van der Waals surface area contributed by atoms with Gasteiger partial charge in [0.15, 0.2) is 0 Å². The number of alkyl halides is 1. The Hall–Kier alpha value is -0.380. The Morgan fingerprint density at radius 3 is 2.92 bits per heavy atom. The fourth-order valence-electron chi connectivity index (χ4n) is 1.56. The lowest BCUT2D eigenvalue weighted by molar-refractivity contribution is -0.124. The third-order valence-electron chi connectivity index (χ3n) is 2.48. The van der Waals surface area contributed by atoms with E-state index in [9.17, 15) is 9.59 Å². The Balaban J connectivity index is 2.39. The second-order valence-corrected chi connectivity index (χ2v) is 4.07. The van der Waals surface area contributed by atoms with Crippen LogP contribution < -0.4 is 5.32 Å². The van der Waals surface area contributed by atoms with Crippen LogP contribution in [-0.4, -0.2) is 23.6 Å². The molecule has 1 aliphatic heterocycles. The number of carbonyl (C=O) groups is 2. The first-order valence-corrected chi connectivity index (χ1v) is 5.63. The monoisotopic (exact) mass is 247 g/mol. The molecule has 1 aliphatic rings. The summed E-state index contributed by atoms with van der Waals surface area (Å²) < 4.78 is 0. The number of Topliss-reactive ketones (excluding diaryl/α,β-unsaturated/α-hetero) is 1. The SMILES string of the molecule is C[C@@H](C[C@@H]1CCNC1=O)C(=O)CBr. The molecule has 0 spiro atoms. The highest BCUT2D eigenvalue weighted by Crippen LogP contribution is 2.20. The van der Waals surface area contributed by atoms with Crippen LogP contribution in [0, 0.1) is 11.8 Å². The van der Waals surface area contributed by atoms with Crippen molar-refractivity contribution in [1.29, 1.82) is 0 Å². The van der Waals surface area contributed by atoms with Crippen LogP contribution in [0.3, 0.4) is 0 Å². The molecule has 74 valence electrons. The molecule has 2 atom stereocenters. The van der Waals surface area contributed by atoms with Crippen molar-refractivity contribution in [2.75, 3.05) is 11.9 Å². The minimum absolute atomic E-state index is 0.00627. The molecular formula is C9H14BrNO2. The van der Waals surface area contributed by atoms with E-state index in [1.54, 1.807) is 0 Å². The molecule has 0 saturated carbocycles. The standard InChI is InChI=1S/C9H14BrNO2/c1-6(8(12)5-10)4-7-2-3-11-9(7)13/h6-7H,2-5H2,1H3,(H,11,13)/t6-,7-/m0/s1. The van der Waals surface area contributed by atoms with E-state index in [1.807, 2.05) is 6.92 Å². The normalized spacial score (nSPS) is 24.2. The molecule has 1 amide bonds. The zero-order valence-corrected chi connectivity index (χ0v) is 9.26. The van der Waals surface area contributed by atoms with Gasteiger partial charge in [-0.2, -0.15) is 0 Å². The minimum Gasteiger partial charge on any atom is -0.356 e. The summed E-state index contributed by atoms with van der Waals surface area (Å²) in [5.41, 5.74) is 0. The van der Waals surface area contributed by atoms with Gasteiger partial charge < -0.3 is 5.32 Å². The van der Waals surface area contributed by atoms with Crippen molar-refractivity contribution in [3.8, 4) is 0 Å². The van der Waals surface area contributed by atoms with E-state index >= 15 is 0 Å². The lowest BCUT2D eigenvalue weighted by Gasteiger charge is -2.11. The van der Waals surface area contributed by atoms with Gasteiger partial charge in [-0.05, 0) is 12.8 Å². The summed E-state index contributed by atoms with van der Waals surface area (Å²) in [5, 5.41) is 3.16. The Morgan fingerprint density at radius 2 is 2.46 bits per heavy atom. The van der Waals surface area contributed by atoms with Gasteiger partial charge in [0.1, 0.15) is 5.78 Å². The predicted molar refractivity (Wildman–Crippen MR) is 53.7 cm³/mol. The van der Waals surface area contributed by atoms with Crippen molar-refractivity contribution in [2.24, 2.45) is 11.8 Å². The van der Waals surface area contributed by atoms with Gasteiger partial charge in [0.2, 0.25) is 5.91 Å². The first-order chi connectivity index (χ1) is 6.15. The lowest BCUT2D eigenvalue weighted by atomic mass is 9.92. The van der Waals surface area contributed by atoms with Gasteiger partial charge >= 0.3 is 0 Å². The maximum absolute atomic E-state index is 11.2. The third-order valence-corrected chi connectivity index (χ3v) is 3.03. The van der Waals surface area contributed by atoms with Crippen molar-refractivity contribution >= 4 is 27.6 Å². The lowest BCUT2D eigenvalue weighted by Crippen LogP contribution is -2.23. The predicted octanol–water partition coefficient (Wildman–Crippen LogP) is 1.11. The molecule has 4 heteroatoms. The van der Waals surface area contributed by atoms with E-state index in [4.69, 9.17) is 0 Å². The van der Waals surface area contributed by atoms with E-state index in [1.165, 1.54) is 0 Å². The number of amides is 1. The quantitative estimate of drug-likeness (QED) is 0.757. The number of hydrogen-bond donors (Lipinski definition) is 1. The van der Waals surface area contributed by atoms with Gasteiger partial charge in [-0.15, -0.1) is 0 Å². The van der Waals surface area contributed by atoms with E-state index in [0.29, 0.717) is 11.8 Å². The summed E-state index contributed by atoms with van der Waals surface area (Å²) in [4.78, 5) is 22.4. The summed E-state index contributed by atoms with van der Waals surface area (Å²) >= 11 is 3.13. The van der Waals surface area contributed by atoms with Crippen LogP contribution in [0.15, 0.2) is 0 Å². The highest BCUT2D eigenvalue weighted by atomic mass is 79.9. The van der Waals surface area contributed by atoms with Crippen LogP contribution in [0.25, 0.3) is 0 Å². The van der Waals surface area contributed by atoms with Gasteiger partial charge in [0.25, 0.3) is 0 Å². The fraction of sp³-hybridized carbons (Fsp3) is 0.778. The summed E-state index contributed by atoms with van der Waals surface area (Å²) in [7, 11) is 0. The summed E-state index contributed by atoms with van der Waals surface area (Å²) in [6.07, 6.45) is 1.56. The molecule has 0 aromatic carbocycles. The van der Waals surface area contributed by atoms with Crippen molar-refractivity contribution in [3.05, 3.63) is 0 Å². The van der Waals surface area contributed by atoms with Crippen LogP contribution in [0.4, 0.5) is 0 Å². The number of ketones is 1. The number of hydrogen-bond acceptors (Lipinski definition) is 2. The highest BCUT2D eigenvalue weighted by Gasteiger charge is 2.27. The smallest absolute Gasteiger partial charge is 0.223 e. The van der Waals surface area contributed by atoms with Gasteiger partial charge in [-0.1, -0.05) is 22.9 Å².